The molecule has 0 aliphatic rings. The van der Waals surface area contributed by atoms with E-state index in [4.69, 9.17) is 5.73 Å². The van der Waals surface area contributed by atoms with Gasteiger partial charge in [-0.1, -0.05) is 0 Å². The molecule has 0 radical (unpaired) electrons. The van der Waals surface area contributed by atoms with Crippen LogP contribution in [0.3, 0.4) is 0 Å². The van der Waals surface area contributed by atoms with Gasteiger partial charge in [0.2, 0.25) is 0 Å². The topological polar surface area (TPSA) is 43.1 Å². The van der Waals surface area contributed by atoms with Crippen molar-refractivity contribution < 1.29 is 4.79 Å². The molecule has 0 heterocycles. The van der Waals surface area contributed by atoms with Crippen LogP contribution in [0.4, 0.5) is 5.69 Å². The third-order valence-electron chi connectivity index (χ3n) is 1.24. The van der Waals surface area contributed by atoms with Crippen molar-refractivity contribution in [1.29, 1.82) is 0 Å². The SMILES string of the molecule is Nc1c(Br)cc(C=O)cc1I. The highest BCUT2D eigenvalue weighted by Crippen LogP contribution is 2.25. The van der Waals surface area contributed by atoms with Crippen LogP contribution in [0, 0.1) is 3.57 Å². The van der Waals surface area contributed by atoms with Gasteiger partial charge in [-0.25, -0.2) is 0 Å². The summed E-state index contributed by atoms with van der Waals surface area (Å²) in [6.07, 6.45) is 0.798. The van der Waals surface area contributed by atoms with Crippen LogP contribution < -0.4 is 5.73 Å². The molecule has 2 N–H and O–H groups in total. The molecule has 1 aromatic rings. The number of hydrogen-bond acceptors (Lipinski definition) is 2. The summed E-state index contributed by atoms with van der Waals surface area (Å²) in [7, 11) is 0. The van der Waals surface area contributed by atoms with E-state index in [9.17, 15) is 4.79 Å². The van der Waals surface area contributed by atoms with E-state index in [2.05, 4.69) is 38.5 Å². The third kappa shape index (κ3) is 1.93. The van der Waals surface area contributed by atoms with Crippen molar-refractivity contribution in [2.75, 3.05) is 5.73 Å². The molecular weight excluding hydrogens is 321 g/mol. The highest BCUT2D eigenvalue weighted by atomic mass is 127. The molecule has 0 spiro atoms. The third-order valence-corrected chi connectivity index (χ3v) is 2.79. The van der Waals surface area contributed by atoms with Crippen LogP contribution >= 0.6 is 38.5 Å². The maximum absolute atomic E-state index is 10.4. The van der Waals surface area contributed by atoms with Gasteiger partial charge in [-0.2, -0.15) is 0 Å². The molecule has 1 rings (SSSR count). The largest absolute Gasteiger partial charge is 0.397 e. The highest BCUT2D eigenvalue weighted by molar-refractivity contribution is 14.1. The van der Waals surface area contributed by atoms with E-state index < -0.39 is 0 Å². The normalized spacial score (nSPS) is 9.64. The number of aldehydes is 1. The van der Waals surface area contributed by atoms with Crippen molar-refractivity contribution in [3.8, 4) is 0 Å². The Morgan fingerprint density at radius 3 is 2.64 bits per heavy atom. The van der Waals surface area contributed by atoms with E-state index in [1.54, 1.807) is 12.1 Å². The lowest BCUT2D eigenvalue weighted by Gasteiger charge is -2.01. The number of hydrogen-bond donors (Lipinski definition) is 1. The van der Waals surface area contributed by atoms with Crippen LogP contribution in [0.25, 0.3) is 0 Å². The molecule has 58 valence electrons. The first-order valence-corrected chi connectivity index (χ1v) is 4.72. The molecule has 1 aromatic carbocycles. The zero-order valence-electron chi connectivity index (χ0n) is 5.47. The predicted octanol–water partition coefficient (Wildman–Crippen LogP) is 2.45. The molecule has 0 bridgehead atoms. The van der Waals surface area contributed by atoms with Gasteiger partial charge in [-0.3, -0.25) is 4.79 Å². The first-order valence-electron chi connectivity index (χ1n) is 2.85. The predicted molar refractivity (Wildman–Crippen MR) is 56.7 cm³/mol. The zero-order valence-corrected chi connectivity index (χ0v) is 9.22. The summed E-state index contributed by atoms with van der Waals surface area (Å²) < 4.78 is 1.66. The summed E-state index contributed by atoms with van der Waals surface area (Å²) in [5, 5.41) is 0. The lowest BCUT2D eigenvalue weighted by atomic mass is 10.2. The monoisotopic (exact) mass is 325 g/mol. The number of anilines is 1. The van der Waals surface area contributed by atoms with E-state index in [1.807, 2.05) is 0 Å². The summed E-state index contributed by atoms with van der Waals surface area (Å²) in [5.41, 5.74) is 6.95. The molecule has 0 aromatic heterocycles. The highest BCUT2D eigenvalue weighted by Gasteiger charge is 2.02. The zero-order chi connectivity index (χ0) is 8.43. The molecule has 2 nitrogen and oxygen atoms in total. The summed E-state index contributed by atoms with van der Waals surface area (Å²) in [4.78, 5) is 10.4. The van der Waals surface area contributed by atoms with Crippen molar-refractivity contribution in [2.24, 2.45) is 0 Å². The van der Waals surface area contributed by atoms with Crippen molar-refractivity contribution in [3.63, 3.8) is 0 Å². The first kappa shape index (κ1) is 8.99. The average Bonchev–Trinajstić information content (AvgIpc) is 1.99. The Bertz CT molecular complexity index is 277. The summed E-state index contributed by atoms with van der Waals surface area (Å²) >= 11 is 5.33. The Morgan fingerprint density at radius 2 is 2.18 bits per heavy atom. The number of carbonyl (C=O) groups excluding carboxylic acids is 1. The van der Waals surface area contributed by atoms with Crippen molar-refractivity contribution in [1.82, 2.24) is 0 Å². The van der Waals surface area contributed by atoms with Gasteiger partial charge >= 0.3 is 0 Å². The van der Waals surface area contributed by atoms with Gasteiger partial charge in [-0.05, 0) is 50.7 Å². The summed E-state index contributed by atoms with van der Waals surface area (Å²) in [5.74, 6) is 0. The van der Waals surface area contributed by atoms with E-state index in [0.29, 0.717) is 11.3 Å². The second-order valence-corrected chi connectivity index (χ2v) is 4.03. The molecule has 0 aliphatic carbocycles. The number of carbonyl (C=O) groups is 1. The molecule has 4 heteroatoms. The van der Waals surface area contributed by atoms with E-state index in [-0.39, 0.29) is 0 Å². The Labute approximate surface area is 86.4 Å². The molecule has 11 heavy (non-hydrogen) atoms. The first-order chi connectivity index (χ1) is 5.15. The number of halogens is 2. The average molecular weight is 326 g/mol. The second-order valence-electron chi connectivity index (χ2n) is 2.02. The fourth-order valence-electron chi connectivity index (χ4n) is 0.672. The summed E-state index contributed by atoms with van der Waals surface area (Å²) in [6.45, 7) is 0. The lowest BCUT2D eigenvalue weighted by molar-refractivity contribution is 0.112. The number of benzene rings is 1. The van der Waals surface area contributed by atoms with Gasteiger partial charge in [0.05, 0.1) is 5.69 Å². The van der Waals surface area contributed by atoms with Crippen molar-refractivity contribution >= 4 is 50.5 Å². The minimum atomic E-state index is 0.635. The fourth-order valence-corrected chi connectivity index (χ4v) is 2.17. The molecule has 0 saturated carbocycles. The van der Waals surface area contributed by atoms with Crippen molar-refractivity contribution in [3.05, 3.63) is 25.7 Å². The molecule has 0 atom stereocenters. The van der Waals surface area contributed by atoms with Crippen molar-refractivity contribution in [2.45, 2.75) is 0 Å². The molecular formula is C7H5BrINO. The van der Waals surface area contributed by atoms with Gasteiger partial charge < -0.3 is 5.73 Å². The van der Waals surface area contributed by atoms with Crippen LogP contribution in [-0.4, -0.2) is 6.29 Å². The number of nitrogens with two attached hydrogens (primary N) is 1. The standard InChI is InChI=1S/C7H5BrINO/c8-5-1-4(3-11)2-6(9)7(5)10/h1-3H,10H2. The Morgan fingerprint density at radius 1 is 1.55 bits per heavy atom. The second kappa shape index (κ2) is 3.53. The van der Waals surface area contributed by atoms with Crippen LogP contribution in [0.15, 0.2) is 16.6 Å². The Balaban J connectivity index is 3.31. The quantitative estimate of drug-likeness (QED) is 0.489. The number of nitrogen functional groups attached to an aromatic ring is 1. The van der Waals surface area contributed by atoms with Crippen LogP contribution in [-0.2, 0) is 0 Å². The van der Waals surface area contributed by atoms with Crippen LogP contribution in [0.2, 0.25) is 0 Å². The van der Waals surface area contributed by atoms with Gasteiger partial charge in [0.25, 0.3) is 0 Å². The Hall–Kier alpha value is -0.100. The molecule has 0 unspecified atom stereocenters. The Kier molecular flexibility index (Phi) is 2.89. The van der Waals surface area contributed by atoms with Gasteiger partial charge in [0, 0.05) is 13.6 Å². The van der Waals surface area contributed by atoms with Gasteiger partial charge in [-0.15, -0.1) is 0 Å². The maximum Gasteiger partial charge on any atom is 0.150 e. The maximum atomic E-state index is 10.4. The molecule has 0 amide bonds. The van der Waals surface area contributed by atoms with Gasteiger partial charge in [0.15, 0.2) is 0 Å². The van der Waals surface area contributed by atoms with E-state index >= 15 is 0 Å². The lowest BCUT2D eigenvalue weighted by Crippen LogP contribution is -1.92. The minimum Gasteiger partial charge on any atom is -0.397 e. The molecule has 0 aliphatic heterocycles. The summed E-state index contributed by atoms with van der Waals surface area (Å²) in [6, 6.07) is 3.44. The fraction of sp³-hybridized carbons (Fsp3) is 0. The van der Waals surface area contributed by atoms with Crippen LogP contribution in [0.5, 0.6) is 0 Å². The minimum absolute atomic E-state index is 0.635. The smallest absolute Gasteiger partial charge is 0.150 e. The van der Waals surface area contributed by atoms with E-state index in [0.717, 1.165) is 14.3 Å². The van der Waals surface area contributed by atoms with E-state index in [1.165, 1.54) is 0 Å². The molecule has 0 saturated heterocycles. The van der Waals surface area contributed by atoms with Crippen LogP contribution in [0.1, 0.15) is 10.4 Å². The molecule has 0 fully saturated rings. The van der Waals surface area contributed by atoms with Gasteiger partial charge in [0.1, 0.15) is 6.29 Å². The number of rotatable bonds is 1.